The normalized spacial score (nSPS) is 16.2. The number of methoxy groups -OCH3 is 1. The molecule has 0 saturated carbocycles. The molecule has 2 heterocycles. The molecule has 4 rings (SSSR count). The van der Waals surface area contributed by atoms with Gasteiger partial charge in [0.25, 0.3) is 0 Å². The van der Waals surface area contributed by atoms with Gasteiger partial charge in [0.2, 0.25) is 10.0 Å². The third-order valence-corrected chi connectivity index (χ3v) is 9.09. The summed E-state index contributed by atoms with van der Waals surface area (Å²) in [5, 5.41) is 4.95. The SMILES string of the molecule is COc1cccc(C(CN2CCN(S(=O)(=O)c3c(C)nn(C)c3Cl)CC2)OCc2cccc(Cl)c2)c1. The Hall–Kier alpha value is -2.14. The molecule has 0 N–H and O–H groups in total. The first-order valence-corrected chi connectivity index (χ1v) is 13.8. The average molecular weight is 554 g/mol. The summed E-state index contributed by atoms with van der Waals surface area (Å²) in [5.74, 6) is 0.753. The lowest BCUT2D eigenvalue weighted by molar-refractivity contribution is 0.00763. The standard InChI is InChI=1S/C25H30Cl2N4O4S/c1-18-24(25(27)29(2)28-18)36(32,33)31-12-10-30(11-13-31)16-23(20-7-5-9-22(15-20)34-3)35-17-19-6-4-8-21(26)14-19/h4-9,14-15,23H,10-13,16-17H2,1-3H3. The molecule has 1 aliphatic rings. The first-order valence-electron chi connectivity index (χ1n) is 11.6. The van der Waals surface area contributed by atoms with Crippen LogP contribution in [0.2, 0.25) is 10.2 Å². The number of piperazine rings is 1. The highest BCUT2D eigenvalue weighted by Gasteiger charge is 2.34. The highest BCUT2D eigenvalue weighted by Crippen LogP contribution is 2.29. The van der Waals surface area contributed by atoms with Crippen molar-refractivity contribution in [3.05, 3.63) is 75.5 Å². The van der Waals surface area contributed by atoms with Crippen LogP contribution < -0.4 is 4.74 Å². The number of aryl methyl sites for hydroxylation is 2. The van der Waals surface area contributed by atoms with E-state index in [0.29, 0.717) is 50.0 Å². The van der Waals surface area contributed by atoms with E-state index < -0.39 is 10.0 Å². The summed E-state index contributed by atoms with van der Waals surface area (Å²) in [5.41, 5.74) is 2.37. The lowest BCUT2D eigenvalue weighted by Gasteiger charge is -2.35. The van der Waals surface area contributed by atoms with E-state index >= 15 is 0 Å². The van der Waals surface area contributed by atoms with Gasteiger partial charge in [0.1, 0.15) is 15.8 Å². The van der Waals surface area contributed by atoms with Crippen LogP contribution in [0.15, 0.2) is 53.4 Å². The van der Waals surface area contributed by atoms with Crippen molar-refractivity contribution in [2.75, 3.05) is 39.8 Å². The Bertz CT molecular complexity index is 1310. The number of hydrogen-bond acceptors (Lipinski definition) is 6. The summed E-state index contributed by atoms with van der Waals surface area (Å²) in [6.07, 6.45) is -0.239. The topological polar surface area (TPSA) is 76.9 Å². The molecule has 1 aromatic heterocycles. The zero-order chi connectivity index (χ0) is 25.9. The van der Waals surface area contributed by atoms with E-state index in [9.17, 15) is 8.42 Å². The first-order chi connectivity index (χ1) is 17.2. The van der Waals surface area contributed by atoms with Gasteiger partial charge < -0.3 is 9.47 Å². The van der Waals surface area contributed by atoms with Gasteiger partial charge in [-0.15, -0.1) is 0 Å². The van der Waals surface area contributed by atoms with Crippen molar-refractivity contribution in [3.63, 3.8) is 0 Å². The number of nitrogens with zero attached hydrogens (tertiary/aromatic N) is 4. The number of aromatic nitrogens is 2. The maximum absolute atomic E-state index is 13.3. The highest BCUT2D eigenvalue weighted by atomic mass is 35.5. The third-order valence-electron chi connectivity index (χ3n) is 6.26. The van der Waals surface area contributed by atoms with Gasteiger partial charge in [-0.2, -0.15) is 9.40 Å². The molecular formula is C25H30Cl2N4O4S. The van der Waals surface area contributed by atoms with Gasteiger partial charge in [-0.05, 0) is 42.3 Å². The van der Waals surface area contributed by atoms with Gasteiger partial charge in [0, 0.05) is 44.8 Å². The highest BCUT2D eigenvalue weighted by molar-refractivity contribution is 7.89. The monoisotopic (exact) mass is 552 g/mol. The summed E-state index contributed by atoms with van der Waals surface area (Å²) in [4.78, 5) is 2.30. The smallest absolute Gasteiger partial charge is 0.248 e. The Labute approximate surface area is 222 Å². The van der Waals surface area contributed by atoms with Crippen molar-refractivity contribution >= 4 is 33.2 Å². The van der Waals surface area contributed by atoms with Crippen LogP contribution in [0.3, 0.4) is 0 Å². The van der Waals surface area contributed by atoms with Gasteiger partial charge >= 0.3 is 0 Å². The van der Waals surface area contributed by atoms with Crippen LogP contribution in [0.25, 0.3) is 0 Å². The first kappa shape index (κ1) is 26.9. The molecule has 1 saturated heterocycles. The van der Waals surface area contributed by atoms with Crippen LogP contribution in [0.5, 0.6) is 5.75 Å². The summed E-state index contributed by atoms with van der Waals surface area (Å²) < 4.78 is 41.2. The average Bonchev–Trinajstić information content (AvgIpc) is 3.13. The Balaban J connectivity index is 1.46. The minimum absolute atomic E-state index is 0.0826. The van der Waals surface area contributed by atoms with E-state index in [4.69, 9.17) is 32.7 Å². The largest absolute Gasteiger partial charge is 0.497 e. The summed E-state index contributed by atoms with van der Waals surface area (Å²) >= 11 is 12.4. The van der Waals surface area contributed by atoms with Gasteiger partial charge in [-0.1, -0.05) is 47.5 Å². The quantitative estimate of drug-likeness (QED) is 0.393. The Morgan fingerprint density at radius 3 is 2.42 bits per heavy atom. The van der Waals surface area contributed by atoms with E-state index in [2.05, 4.69) is 10.00 Å². The second-order valence-electron chi connectivity index (χ2n) is 8.74. The fourth-order valence-corrected chi connectivity index (χ4v) is 6.68. The molecule has 2 aromatic carbocycles. The molecule has 36 heavy (non-hydrogen) atoms. The van der Waals surface area contributed by atoms with Gasteiger partial charge in [0.05, 0.1) is 25.5 Å². The fraction of sp³-hybridized carbons (Fsp3) is 0.400. The summed E-state index contributed by atoms with van der Waals surface area (Å²) in [6.45, 7) is 4.50. The molecule has 0 bridgehead atoms. The molecule has 0 spiro atoms. The van der Waals surface area contributed by atoms with Gasteiger partial charge in [-0.25, -0.2) is 8.42 Å². The lowest BCUT2D eigenvalue weighted by Crippen LogP contribution is -2.49. The van der Waals surface area contributed by atoms with E-state index in [-0.39, 0.29) is 16.2 Å². The Kier molecular flexibility index (Phi) is 8.59. The van der Waals surface area contributed by atoms with E-state index in [1.807, 2.05) is 48.5 Å². The molecule has 11 heteroatoms. The van der Waals surface area contributed by atoms with Crippen molar-refractivity contribution in [1.29, 1.82) is 0 Å². The zero-order valence-corrected chi connectivity index (χ0v) is 22.9. The number of hydrogen-bond donors (Lipinski definition) is 0. The molecule has 0 amide bonds. The van der Waals surface area contributed by atoms with Crippen LogP contribution in [0.4, 0.5) is 0 Å². The predicted molar refractivity (Wildman–Crippen MR) is 140 cm³/mol. The van der Waals surface area contributed by atoms with Crippen LogP contribution in [0.1, 0.15) is 22.9 Å². The molecule has 1 unspecified atom stereocenters. The zero-order valence-electron chi connectivity index (χ0n) is 20.5. The van der Waals surface area contributed by atoms with E-state index in [0.717, 1.165) is 16.9 Å². The predicted octanol–water partition coefficient (Wildman–Crippen LogP) is 4.31. The fourth-order valence-electron chi connectivity index (χ4n) is 4.34. The minimum Gasteiger partial charge on any atom is -0.497 e. The van der Waals surface area contributed by atoms with E-state index in [1.54, 1.807) is 21.1 Å². The van der Waals surface area contributed by atoms with Crippen molar-refractivity contribution in [1.82, 2.24) is 19.0 Å². The van der Waals surface area contributed by atoms with Crippen molar-refractivity contribution < 1.29 is 17.9 Å². The van der Waals surface area contributed by atoms with Crippen LogP contribution in [-0.2, 0) is 28.4 Å². The molecule has 1 atom stereocenters. The van der Waals surface area contributed by atoms with E-state index in [1.165, 1.54) is 8.99 Å². The molecule has 194 valence electrons. The number of sulfonamides is 1. The molecule has 1 fully saturated rings. The van der Waals surface area contributed by atoms with Gasteiger partial charge in [0.15, 0.2) is 0 Å². The summed E-state index contributed by atoms with van der Waals surface area (Å²) in [7, 11) is -0.466. The third kappa shape index (κ3) is 6.04. The number of ether oxygens (including phenoxy) is 2. The van der Waals surface area contributed by atoms with Crippen LogP contribution in [0, 0.1) is 6.92 Å². The van der Waals surface area contributed by atoms with Crippen molar-refractivity contribution in [2.24, 2.45) is 7.05 Å². The van der Waals surface area contributed by atoms with Crippen molar-refractivity contribution in [2.45, 2.75) is 24.5 Å². The number of benzene rings is 2. The Morgan fingerprint density at radius 1 is 1.06 bits per heavy atom. The maximum atomic E-state index is 13.3. The minimum atomic E-state index is -3.73. The maximum Gasteiger partial charge on any atom is 0.248 e. The molecule has 8 nitrogen and oxygen atoms in total. The number of halogens is 2. The van der Waals surface area contributed by atoms with Gasteiger partial charge in [-0.3, -0.25) is 9.58 Å². The second kappa shape index (κ2) is 11.5. The molecule has 3 aromatic rings. The summed E-state index contributed by atoms with van der Waals surface area (Å²) in [6, 6.07) is 15.4. The molecule has 0 aliphatic carbocycles. The Morgan fingerprint density at radius 2 is 1.78 bits per heavy atom. The number of rotatable bonds is 9. The van der Waals surface area contributed by atoms with Crippen LogP contribution >= 0.6 is 23.2 Å². The molecular weight excluding hydrogens is 523 g/mol. The van der Waals surface area contributed by atoms with Crippen molar-refractivity contribution in [3.8, 4) is 5.75 Å². The molecule has 1 aliphatic heterocycles. The lowest BCUT2D eigenvalue weighted by atomic mass is 10.1. The second-order valence-corrected chi connectivity index (χ2v) is 11.4. The van der Waals surface area contributed by atoms with Crippen LogP contribution in [-0.4, -0.2) is 67.2 Å². The molecule has 0 radical (unpaired) electrons.